The van der Waals surface area contributed by atoms with Crippen LogP contribution in [0.3, 0.4) is 0 Å². The minimum absolute atomic E-state index is 0.120. The number of hydrogen-bond acceptors (Lipinski definition) is 2. The zero-order chi connectivity index (χ0) is 14.1. The van der Waals surface area contributed by atoms with Crippen molar-refractivity contribution in [1.82, 2.24) is 4.68 Å². The van der Waals surface area contributed by atoms with Gasteiger partial charge in [0.2, 0.25) is 0 Å². The number of pyridine rings is 1. The summed E-state index contributed by atoms with van der Waals surface area (Å²) in [7, 11) is 0. The predicted molar refractivity (Wildman–Crippen MR) is 83.2 cm³/mol. The molecule has 100 valence electrons. The smallest absolute Gasteiger partial charge is 0.273 e. The first-order valence-electron chi connectivity index (χ1n) is 6.71. The van der Waals surface area contributed by atoms with Gasteiger partial charge in [-0.1, -0.05) is 55.5 Å². The summed E-state index contributed by atoms with van der Waals surface area (Å²) in [6.45, 7) is 1.98. The van der Waals surface area contributed by atoms with Crippen LogP contribution in [0.5, 0.6) is 0 Å². The van der Waals surface area contributed by atoms with Crippen LogP contribution in [0.4, 0.5) is 0 Å². The number of rotatable bonds is 2. The second kappa shape index (κ2) is 4.85. The zero-order valence-corrected chi connectivity index (χ0v) is 11.3. The van der Waals surface area contributed by atoms with E-state index in [1.54, 1.807) is 0 Å². The monoisotopic (exact) mass is 264 g/mol. The van der Waals surface area contributed by atoms with Gasteiger partial charge in [-0.25, -0.2) is 4.68 Å². The third-order valence-electron chi connectivity index (χ3n) is 3.63. The van der Waals surface area contributed by atoms with Gasteiger partial charge in [-0.05, 0) is 23.6 Å². The van der Waals surface area contributed by atoms with Crippen LogP contribution in [-0.2, 0) is 6.42 Å². The van der Waals surface area contributed by atoms with Gasteiger partial charge in [0.05, 0.1) is 5.52 Å². The van der Waals surface area contributed by atoms with Gasteiger partial charge < -0.3 is 5.84 Å². The van der Waals surface area contributed by atoms with Gasteiger partial charge in [0.1, 0.15) is 0 Å². The Balaban J connectivity index is 2.52. The summed E-state index contributed by atoms with van der Waals surface area (Å²) in [6, 6.07) is 17.8. The van der Waals surface area contributed by atoms with Crippen molar-refractivity contribution in [2.75, 3.05) is 5.84 Å². The van der Waals surface area contributed by atoms with Crippen LogP contribution in [0.15, 0.2) is 59.4 Å². The van der Waals surface area contributed by atoms with Crippen molar-refractivity contribution < 1.29 is 0 Å². The molecular formula is C17H16N2O. The van der Waals surface area contributed by atoms with Crippen LogP contribution in [-0.4, -0.2) is 4.68 Å². The standard InChI is InChI=1S/C17H16N2O/c1-2-13-16(12-8-4-3-5-9-12)14-10-6-7-11-15(14)19(18)17(13)20/h3-11H,2,18H2,1H3. The Morgan fingerprint density at radius 3 is 2.35 bits per heavy atom. The molecule has 3 heteroatoms. The third kappa shape index (κ3) is 1.79. The zero-order valence-electron chi connectivity index (χ0n) is 11.3. The van der Waals surface area contributed by atoms with Crippen molar-refractivity contribution >= 4 is 10.9 Å². The minimum Gasteiger partial charge on any atom is -0.336 e. The van der Waals surface area contributed by atoms with Crippen LogP contribution < -0.4 is 11.4 Å². The molecule has 3 rings (SSSR count). The maximum atomic E-state index is 12.4. The van der Waals surface area contributed by atoms with Crippen molar-refractivity contribution in [3.63, 3.8) is 0 Å². The molecule has 20 heavy (non-hydrogen) atoms. The highest BCUT2D eigenvalue weighted by Gasteiger charge is 2.15. The number of nitrogens with two attached hydrogens (primary N) is 1. The Morgan fingerprint density at radius 1 is 1.00 bits per heavy atom. The van der Waals surface area contributed by atoms with Crippen LogP contribution in [0.1, 0.15) is 12.5 Å². The van der Waals surface area contributed by atoms with Crippen LogP contribution >= 0.6 is 0 Å². The molecule has 0 amide bonds. The highest BCUT2D eigenvalue weighted by molar-refractivity contribution is 5.96. The Morgan fingerprint density at radius 2 is 1.65 bits per heavy atom. The van der Waals surface area contributed by atoms with Crippen LogP contribution in [0.2, 0.25) is 0 Å². The van der Waals surface area contributed by atoms with Gasteiger partial charge in [-0.3, -0.25) is 4.79 Å². The highest BCUT2D eigenvalue weighted by atomic mass is 16.1. The first-order valence-corrected chi connectivity index (χ1v) is 6.71. The van der Waals surface area contributed by atoms with Gasteiger partial charge in [0, 0.05) is 10.9 Å². The summed E-state index contributed by atoms with van der Waals surface area (Å²) < 4.78 is 1.25. The van der Waals surface area contributed by atoms with Crippen molar-refractivity contribution in [3.8, 4) is 11.1 Å². The third-order valence-corrected chi connectivity index (χ3v) is 3.63. The van der Waals surface area contributed by atoms with E-state index in [0.29, 0.717) is 6.42 Å². The van der Waals surface area contributed by atoms with E-state index in [-0.39, 0.29) is 5.56 Å². The van der Waals surface area contributed by atoms with Crippen molar-refractivity contribution in [2.45, 2.75) is 13.3 Å². The Bertz CT molecular complexity index is 820. The van der Waals surface area contributed by atoms with Crippen molar-refractivity contribution in [2.24, 2.45) is 0 Å². The lowest BCUT2D eigenvalue weighted by Crippen LogP contribution is -2.30. The molecule has 1 aromatic heterocycles. The molecule has 3 aromatic rings. The maximum Gasteiger partial charge on any atom is 0.273 e. The van der Waals surface area contributed by atoms with Gasteiger partial charge in [-0.15, -0.1) is 0 Å². The molecule has 0 atom stereocenters. The number of nitrogens with zero attached hydrogens (tertiary/aromatic N) is 1. The fourth-order valence-corrected chi connectivity index (χ4v) is 2.68. The van der Waals surface area contributed by atoms with Gasteiger partial charge in [0.25, 0.3) is 5.56 Å². The predicted octanol–water partition coefficient (Wildman–Crippen LogP) is 2.94. The molecule has 3 nitrogen and oxygen atoms in total. The normalized spacial score (nSPS) is 10.8. The quantitative estimate of drug-likeness (QED) is 0.723. The summed E-state index contributed by atoms with van der Waals surface area (Å²) >= 11 is 0. The second-order valence-electron chi connectivity index (χ2n) is 4.77. The highest BCUT2D eigenvalue weighted by Crippen LogP contribution is 2.29. The summed E-state index contributed by atoms with van der Waals surface area (Å²) in [6.07, 6.45) is 0.658. The summed E-state index contributed by atoms with van der Waals surface area (Å²) in [4.78, 5) is 12.4. The minimum atomic E-state index is -0.120. The molecule has 0 unspecified atom stereocenters. The van der Waals surface area contributed by atoms with E-state index in [1.165, 1.54) is 4.68 Å². The van der Waals surface area contributed by atoms with Gasteiger partial charge in [-0.2, -0.15) is 0 Å². The van der Waals surface area contributed by atoms with E-state index in [0.717, 1.165) is 27.6 Å². The second-order valence-corrected chi connectivity index (χ2v) is 4.77. The average molecular weight is 264 g/mol. The topological polar surface area (TPSA) is 48.0 Å². The summed E-state index contributed by atoms with van der Waals surface area (Å²) in [5.41, 5.74) is 3.45. The largest absolute Gasteiger partial charge is 0.336 e. The van der Waals surface area contributed by atoms with Gasteiger partial charge in [0.15, 0.2) is 0 Å². The van der Waals surface area contributed by atoms with E-state index >= 15 is 0 Å². The Labute approximate surface area is 117 Å². The molecule has 0 saturated carbocycles. The SMILES string of the molecule is CCc1c(-c2ccccc2)c2ccccc2n(N)c1=O. The average Bonchev–Trinajstić information content (AvgIpc) is 2.51. The molecular weight excluding hydrogens is 248 g/mol. The number of para-hydroxylation sites is 1. The molecule has 1 heterocycles. The molecule has 0 fully saturated rings. The molecule has 0 aliphatic rings. The fraction of sp³-hybridized carbons (Fsp3) is 0.118. The van der Waals surface area contributed by atoms with Crippen LogP contribution in [0.25, 0.3) is 22.0 Å². The maximum absolute atomic E-state index is 12.4. The molecule has 0 saturated heterocycles. The molecule has 2 aromatic carbocycles. The fourth-order valence-electron chi connectivity index (χ4n) is 2.68. The van der Waals surface area contributed by atoms with Crippen LogP contribution in [0, 0.1) is 0 Å². The molecule has 0 bridgehead atoms. The lowest BCUT2D eigenvalue weighted by molar-refractivity contribution is 0.942. The Hall–Kier alpha value is -2.55. The first-order chi connectivity index (χ1) is 9.74. The van der Waals surface area contributed by atoms with E-state index in [9.17, 15) is 4.79 Å². The number of hydrogen-bond donors (Lipinski definition) is 1. The Kier molecular flexibility index (Phi) is 3.03. The number of nitrogen functional groups attached to an aromatic ring is 1. The molecule has 0 radical (unpaired) electrons. The lowest BCUT2D eigenvalue weighted by atomic mass is 9.95. The summed E-state index contributed by atoms with van der Waals surface area (Å²) in [5.74, 6) is 5.95. The molecule has 2 N–H and O–H groups in total. The van der Waals surface area contributed by atoms with Gasteiger partial charge >= 0.3 is 0 Å². The van der Waals surface area contributed by atoms with Crippen molar-refractivity contribution in [3.05, 3.63) is 70.5 Å². The van der Waals surface area contributed by atoms with Crippen molar-refractivity contribution in [1.29, 1.82) is 0 Å². The molecule has 0 aliphatic heterocycles. The molecule has 0 spiro atoms. The number of benzene rings is 2. The van der Waals surface area contributed by atoms with E-state index in [4.69, 9.17) is 5.84 Å². The van der Waals surface area contributed by atoms with E-state index in [1.807, 2.05) is 61.5 Å². The van der Waals surface area contributed by atoms with E-state index < -0.39 is 0 Å². The lowest BCUT2D eigenvalue weighted by Gasteiger charge is -2.14. The van der Waals surface area contributed by atoms with E-state index in [2.05, 4.69) is 0 Å². The summed E-state index contributed by atoms with van der Waals surface area (Å²) in [5, 5.41) is 1.01. The number of aromatic nitrogens is 1. The first kappa shape index (κ1) is 12.5. The molecule has 0 aliphatic carbocycles. The number of fused-ring (bicyclic) bond motifs is 1.